The largest absolute Gasteiger partial charge is 0.328 e. The van der Waals surface area contributed by atoms with Crippen LogP contribution in [0.2, 0.25) is 0 Å². The molecule has 70 valence electrons. The predicted molar refractivity (Wildman–Crippen MR) is 51.0 cm³/mol. The zero-order valence-corrected chi connectivity index (χ0v) is 8.00. The zero-order chi connectivity index (χ0) is 8.55. The van der Waals surface area contributed by atoms with Crippen LogP contribution in [0.5, 0.6) is 0 Å². The lowest BCUT2D eigenvalue weighted by atomic mass is 9.98. The number of hydrogen-bond acceptors (Lipinski definition) is 2. The first-order valence-corrected chi connectivity index (χ1v) is 5.32. The van der Waals surface area contributed by atoms with Crippen LogP contribution in [-0.2, 0) is 0 Å². The molecule has 0 unspecified atom stereocenters. The molecule has 0 aromatic heterocycles. The molecule has 2 fully saturated rings. The highest BCUT2D eigenvalue weighted by atomic mass is 15.2. The second-order valence-electron chi connectivity index (χ2n) is 4.35. The summed E-state index contributed by atoms with van der Waals surface area (Å²) in [7, 11) is 0. The van der Waals surface area contributed by atoms with Gasteiger partial charge in [0.05, 0.1) is 0 Å². The van der Waals surface area contributed by atoms with E-state index in [0.29, 0.717) is 6.04 Å². The quantitative estimate of drug-likeness (QED) is 0.674. The molecule has 2 aliphatic heterocycles. The van der Waals surface area contributed by atoms with Crippen LogP contribution in [-0.4, -0.2) is 29.6 Å². The van der Waals surface area contributed by atoms with Gasteiger partial charge in [-0.3, -0.25) is 4.90 Å². The molecule has 0 amide bonds. The van der Waals surface area contributed by atoms with Gasteiger partial charge in [0.2, 0.25) is 0 Å². The van der Waals surface area contributed by atoms with Crippen LogP contribution in [0.15, 0.2) is 0 Å². The lowest BCUT2D eigenvalue weighted by Crippen LogP contribution is -2.47. The molecule has 2 saturated heterocycles. The van der Waals surface area contributed by atoms with Crippen molar-refractivity contribution in [3.8, 4) is 0 Å². The summed E-state index contributed by atoms with van der Waals surface area (Å²) in [4.78, 5) is 2.70. The first-order valence-electron chi connectivity index (χ1n) is 5.32. The minimum absolute atomic E-state index is 0.496. The van der Waals surface area contributed by atoms with E-state index in [1.165, 1.54) is 38.6 Å². The lowest BCUT2D eigenvalue weighted by Gasteiger charge is -2.37. The van der Waals surface area contributed by atoms with Crippen molar-refractivity contribution in [2.45, 2.75) is 57.2 Å². The lowest BCUT2D eigenvalue weighted by molar-refractivity contribution is 0.128. The van der Waals surface area contributed by atoms with Crippen molar-refractivity contribution >= 4 is 0 Å². The summed E-state index contributed by atoms with van der Waals surface area (Å²) < 4.78 is 0. The second-order valence-corrected chi connectivity index (χ2v) is 4.35. The van der Waals surface area contributed by atoms with Crippen LogP contribution >= 0.6 is 0 Å². The molecule has 0 radical (unpaired) electrons. The van der Waals surface area contributed by atoms with Gasteiger partial charge in [-0.25, -0.2) is 0 Å². The van der Waals surface area contributed by atoms with Crippen LogP contribution in [0.25, 0.3) is 0 Å². The van der Waals surface area contributed by atoms with E-state index in [9.17, 15) is 0 Å². The molecule has 2 atom stereocenters. The van der Waals surface area contributed by atoms with Crippen molar-refractivity contribution in [1.82, 2.24) is 4.90 Å². The number of piperidine rings is 1. The Morgan fingerprint density at radius 2 is 1.83 bits per heavy atom. The molecule has 2 nitrogen and oxygen atoms in total. The maximum Gasteiger partial charge on any atom is 0.0113 e. The van der Waals surface area contributed by atoms with Crippen LogP contribution < -0.4 is 5.73 Å². The molecular formula is C10H20N2. The van der Waals surface area contributed by atoms with Gasteiger partial charge in [0.25, 0.3) is 0 Å². The van der Waals surface area contributed by atoms with Gasteiger partial charge in [-0.1, -0.05) is 6.92 Å². The van der Waals surface area contributed by atoms with Gasteiger partial charge in [0.15, 0.2) is 0 Å². The molecule has 12 heavy (non-hydrogen) atoms. The first-order chi connectivity index (χ1) is 5.81. The third kappa shape index (κ3) is 1.38. The SMILES string of the molecule is CCCN1[C@@H]2CC[C@@H]1CC(N)C2. The average Bonchev–Trinajstić information content (AvgIpc) is 2.32. The van der Waals surface area contributed by atoms with Crippen LogP contribution in [0.4, 0.5) is 0 Å². The Hall–Kier alpha value is -0.0800. The van der Waals surface area contributed by atoms with Crippen molar-refractivity contribution in [3.63, 3.8) is 0 Å². The summed E-state index contributed by atoms with van der Waals surface area (Å²) in [6, 6.07) is 2.16. The van der Waals surface area contributed by atoms with E-state index in [4.69, 9.17) is 5.73 Å². The molecule has 0 spiro atoms. The highest BCUT2D eigenvalue weighted by Crippen LogP contribution is 2.34. The standard InChI is InChI=1S/C10H20N2/c1-2-5-12-9-3-4-10(12)7-8(11)6-9/h8-10H,2-7,11H2,1H3/t9-,10-/m1/s1. The molecule has 2 bridgehead atoms. The number of nitrogens with zero attached hydrogens (tertiary/aromatic N) is 1. The van der Waals surface area contributed by atoms with Crippen molar-refractivity contribution in [3.05, 3.63) is 0 Å². The summed E-state index contributed by atoms with van der Waals surface area (Å²) in [6.45, 7) is 3.57. The van der Waals surface area contributed by atoms with Gasteiger partial charge < -0.3 is 5.73 Å². The fourth-order valence-corrected chi connectivity index (χ4v) is 2.94. The Morgan fingerprint density at radius 1 is 1.25 bits per heavy atom. The second kappa shape index (κ2) is 3.35. The fraction of sp³-hybridized carbons (Fsp3) is 1.00. The van der Waals surface area contributed by atoms with Gasteiger partial charge in [-0.15, -0.1) is 0 Å². The van der Waals surface area contributed by atoms with Crippen LogP contribution in [0.3, 0.4) is 0 Å². The third-order valence-corrected chi connectivity index (χ3v) is 3.40. The molecular weight excluding hydrogens is 148 g/mol. The summed E-state index contributed by atoms with van der Waals surface area (Å²) >= 11 is 0. The van der Waals surface area contributed by atoms with Gasteiger partial charge >= 0.3 is 0 Å². The van der Waals surface area contributed by atoms with Crippen LogP contribution in [0, 0.1) is 0 Å². The smallest absolute Gasteiger partial charge is 0.0113 e. The molecule has 0 aliphatic carbocycles. The summed E-state index contributed by atoms with van der Waals surface area (Å²) in [6.07, 6.45) is 6.59. The molecule has 2 rings (SSSR count). The van der Waals surface area contributed by atoms with E-state index in [0.717, 1.165) is 12.1 Å². The molecule has 0 aromatic carbocycles. The minimum Gasteiger partial charge on any atom is -0.328 e. The molecule has 0 saturated carbocycles. The van der Waals surface area contributed by atoms with E-state index in [1.807, 2.05) is 0 Å². The molecule has 2 N–H and O–H groups in total. The van der Waals surface area contributed by atoms with Crippen molar-refractivity contribution in [2.24, 2.45) is 5.73 Å². The molecule has 2 heteroatoms. The number of nitrogens with two attached hydrogens (primary N) is 1. The Kier molecular flexibility index (Phi) is 2.37. The van der Waals surface area contributed by atoms with Crippen molar-refractivity contribution in [1.29, 1.82) is 0 Å². The van der Waals surface area contributed by atoms with E-state index in [-0.39, 0.29) is 0 Å². The summed E-state index contributed by atoms with van der Waals surface area (Å²) in [5.41, 5.74) is 5.99. The van der Waals surface area contributed by atoms with E-state index >= 15 is 0 Å². The number of fused-ring (bicyclic) bond motifs is 2. The number of rotatable bonds is 2. The Morgan fingerprint density at radius 3 is 2.33 bits per heavy atom. The third-order valence-electron chi connectivity index (χ3n) is 3.40. The van der Waals surface area contributed by atoms with Gasteiger partial charge in [-0.2, -0.15) is 0 Å². The van der Waals surface area contributed by atoms with E-state index in [2.05, 4.69) is 11.8 Å². The Balaban J connectivity index is 1.99. The normalized spacial score (nSPS) is 42.0. The topological polar surface area (TPSA) is 29.3 Å². The van der Waals surface area contributed by atoms with Gasteiger partial charge in [0.1, 0.15) is 0 Å². The minimum atomic E-state index is 0.496. The highest BCUT2D eigenvalue weighted by molar-refractivity contribution is 4.96. The van der Waals surface area contributed by atoms with E-state index in [1.54, 1.807) is 0 Å². The monoisotopic (exact) mass is 168 g/mol. The van der Waals surface area contributed by atoms with Crippen LogP contribution in [0.1, 0.15) is 39.0 Å². The first kappa shape index (κ1) is 8.52. The summed E-state index contributed by atoms with van der Waals surface area (Å²) in [5.74, 6) is 0. The molecule has 0 aromatic rings. The fourth-order valence-electron chi connectivity index (χ4n) is 2.94. The summed E-state index contributed by atoms with van der Waals surface area (Å²) in [5, 5.41) is 0. The zero-order valence-electron chi connectivity index (χ0n) is 8.00. The highest BCUT2D eigenvalue weighted by Gasteiger charge is 2.38. The number of hydrogen-bond donors (Lipinski definition) is 1. The molecule has 2 heterocycles. The maximum absolute atomic E-state index is 5.99. The average molecular weight is 168 g/mol. The van der Waals surface area contributed by atoms with Gasteiger partial charge in [0, 0.05) is 18.1 Å². The molecule has 2 aliphatic rings. The Bertz CT molecular complexity index is 144. The van der Waals surface area contributed by atoms with Crippen molar-refractivity contribution in [2.75, 3.05) is 6.54 Å². The Labute approximate surface area is 75.1 Å². The van der Waals surface area contributed by atoms with E-state index < -0.39 is 0 Å². The van der Waals surface area contributed by atoms with Gasteiger partial charge in [-0.05, 0) is 38.6 Å². The van der Waals surface area contributed by atoms with Crippen molar-refractivity contribution < 1.29 is 0 Å². The predicted octanol–water partition coefficient (Wildman–Crippen LogP) is 1.35. The maximum atomic E-state index is 5.99.